The van der Waals surface area contributed by atoms with Crippen molar-refractivity contribution in [3.8, 4) is 11.3 Å². The molecule has 2 aromatic heterocycles. The van der Waals surface area contributed by atoms with Crippen LogP contribution in [0.3, 0.4) is 0 Å². The van der Waals surface area contributed by atoms with E-state index in [1.165, 1.54) is 24.5 Å². The molecule has 7 nitrogen and oxygen atoms in total. The molecule has 2 aromatic rings. The van der Waals surface area contributed by atoms with Gasteiger partial charge in [-0.15, -0.1) is 5.10 Å². The highest BCUT2D eigenvalue weighted by atomic mass is 19.4. The van der Waals surface area contributed by atoms with E-state index in [2.05, 4.69) is 15.3 Å². The van der Waals surface area contributed by atoms with Crippen LogP contribution >= 0.6 is 0 Å². The van der Waals surface area contributed by atoms with Gasteiger partial charge in [0.15, 0.2) is 11.8 Å². The minimum absolute atomic E-state index is 0.131. The molecular formula is C11H9F3N4O3. The molecule has 1 unspecified atom stereocenters. The number of hydrogen-bond acceptors (Lipinski definition) is 5. The first-order chi connectivity index (χ1) is 9.80. The summed E-state index contributed by atoms with van der Waals surface area (Å²) in [6, 6.07) is 2.81. The summed E-state index contributed by atoms with van der Waals surface area (Å²) in [5.74, 6) is -1.44. The third kappa shape index (κ3) is 3.16. The van der Waals surface area contributed by atoms with Crippen molar-refractivity contribution in [1.29, 1.82) is 0 Å². The fourth-order valence-electron chi connectivity index (χ4n) is 1.65. The standard InChI is InChI=1S/C11H9F3N4O3/c12-11(13,14)7(19)5-18-9(6-1-3-15-4-2-6)8(10(20)21)16-17-18/h1-4,7,19H,5H2,(H,20,21). The lowest BCUT2D eigenvalue weighted by Gasteiger charge is -2.15. The monoisotopic (exact) mass is 302 g/mol. The number of rotatable bonds is 4. The number of carbonyl (C=O) groups is 1. The van der Waals surface area contributed by atoms with E-state index in [1.54, 1.807) is 0 Å². The minimum Gasteiger partial charge on any atom is -0.476 e. The molecule has 0 spiro atoms. The number of halogens is 3. The quantitative estimate of drug-likeness (QED) is 0.872. The van der Waals surface area contributed by atoms with Crippen LogP contribution in [0, 0.1) is 0 Å². The molecule has 0 fully saturated rings. The first-order valence-electron chi connectivity index (χ1n) is 5.62. The highest BCUT2D eigenvalue weighted by Gasteiger charge is 2.39. The summed E-state index contributed by atoms with van der Waals surface area (Å²) >= 11 is 0. The van der Waals surface area contributed by atoms with Gasteiger partial charge in [-0.2, -0.15) is 13.2 Å². The van der Waals surface area contributed by atoms with Crippen LogP contribution in [0.5, 0.6) is 0 Å². The van der Waals surface area contributed by atoms with Crippen molar-refractivity contribution < 1.29 is 28.2 Å². The Morgan fingerprint density at radius 2 is 1.95 bits per heavy atom. The predicted octanol–water partition coefficient (Wildman–Crippen LogP) is 0.961. The summed E-state index contributed by atoms with van der Waals surface area (Å²) in [5.41, 5.74) is -0.356. The van der Waals surface area contributed by atoms with Gasteiger partial charge in [0, 0.05) is 18.0 Å². The maximum absolute atomic E-state index is 12.4. The van der Waals surface area contributed by atoms with Gasteiger partial charge in [-0.25, -0.2) is 9.48 Å². The number of nitrogens with zero attached hydrogens (tertiary/aromatic N) is 4. The fraction of sp³-hybridized carbons (Fsp3) is 0.273. The minimum atomic E-state index is -4.84. The topological polar surface area (TPSA) is 101 Å². The average Bonchev–Trinajstić information content (AvgIpc) is 2.82. The Balaban J connectivity index is 2.46. The van der Waals surface area contributed by atoms with E-state index in [-0.39, 0.29) is 11.3 Å². The number of hydrogen-bond donors (Lipinski definition) is 2. The van der Waals surface area contributed by atoms with E-state index in [1.807, 2.05) is 0 Å². The zero-order chi connectivity index (χ0) is 15.6. The Bertz CT molecular complexity index is 642. The number of aromatic nitrogens is 4. The predicted molar refractivity (Wildman–Crippen MR) is 62.3 cm³/mol. The van der Waals surface area contributed by atoms with Crippen LogP contribution in [0.4, 0.5) is 13.2 Å². The average molecular weight is 302 g/mol. The first kappa shape index (κ1) is 14.9. The molecule has 0 aromatic carbocycles. The summed E-state index contributed by atoms with van der Waals surface area (Å²) in [4.78, 5) is 14.8. The normalized spacial score (nSPS) is 13.1. The number of aliphatic hydroxyl groups is 1. The summed E-state index contributed by atoms with van der Waals surface area (Å²) in [5, 5.41) is 24.8. The van der Waals surface area contributed by atoms with Crippen LogP contribution < -0.4 is 0 Å². The van der Waals surface area contributed by atoms with Gasteiger partial charge in [-0.1, -0.05) is 5.21 Å². The maximum Gasteiger partial charge on any atom is 0.416 e. The molecule has 0 saturated carbocycles. The van der Waals surface area contributed by atoms with Gasteiger partial charge >= 0.3 is 12.1 Å². The van der Waals surface area contributed by atoms with Gasteiger partial charge in [0.25, 0.3) is 0 Å². The number of carboxylic acid groups (broad SMARTS) is 1. The Morgan fingerprint density at radius 3 is 2.48 bits per heavy atom. The van der Waals surface area contributed by atoms with Crippen LogP contribution in [-0.4, -0.2) is 48.4 Å². The lowest BCUT2D eigenvalue weighted by atomic mass is 10.1. The van der Waals surface area contributed by atoms with Crippen molar-refractivity contribution in [2.45, 2.75) is 18.8 Å². The zero-order valence-corrected chi connectivity index (χ0v) is 10.3. The van der Waals surface area contributed by atoms with E-state index in [9.17, 15) is 18.0 Å². The zero-order valence-electron chi connectivity index (χ0n) is 10.3. The Labute approximate surface area is 115 Å². The van der Waals surface area contributed by atoms with E-state index >= 15 is 0 Å². The first-order valence-corrected chi connectivity index (χ1v) is 5.62. The molecule has 0 aliphatic heterocycles. The molecule has 2 heterocycles. The molecule has 21 heavy (non-hydrogen) atoms. The van der Waals surface area contributed by atoms with Crippen LogP contribution in [0.15, 0.2) is 24.5 Å². The molecule has 0 amide bonds. The van der Waals surface area contributed by atoms with E-state index < -0.39 is 30.5 Å². The molecule has 112 valence electrons. The van der Waals surface area contributed by atoms with Crippen LogP contribution in [-0.2, 0) is 6.54 Å². The SMILES string of the molecule is O=C(O)c1nnn(CC(O)C(F)(F)F)c1-c1ccncc1. The summed E-state index contributed by atoms with van der Waals surface area (Å²) in [6.07, 6.45) is -4.83. The molecule has 1 atom stereocenters. The smallest absolute Gasteiger partial charge is 0.416 e. The van der Waals surface area contributed by atoms with E-state index in [4.69, 9.17) is 10.2 Å². The van der Waals surface area contributed by atoms with Gasteiger partial charge in [0.05, 0.1) is 6.54 Å². The van der Waals surface area contributed by atoms with Crippen molar-refractivity contribution in [2.24, 2.45) is 0 Å². The number of pyridine rings is 1. The van der Waals surface area contributed by atoms with Crippen molar-refractivity contribution in [1.82, 2.24) is 20.0 Å². The van der Waals surface area contributed by atoms with Crippen molar-refractivity contribution >= 4 is 5.97 Å². The van der Waals surface area contributed by atoms with Gasteiger partial charge in [0.1, 0.15) is 5.69 Å². The summed E-state index contributed by atoms with van der Waals surface area (Å²) in [7, 11) is 0. The summed E-state index contributed by atoms with van der Waals surface area (Å²) < 4.78 is 37.9. The molecule has 0 bridgehead atoms. The van der Waals surface area contributed by atoms with Gasteiger partial charge < -0.3 is 10.2 Å². The Morgan fingerprint density at radius 1 is 1.33 bits per heavy atom. The highest BCUT2D eigenvalue weighted by Crippen LogP contribution is 2.25. The second-order valence-electron chi connectivity index (χ2n) is 4.07. The Kier molecular flexibility index (Phi) is 3.89. The Hall–Kier alpha value is -2.49. The molecule has 0 saturated heterocycles. The maximum atomic E-state index is 12.4. The molecule has 2 rings (SSSR count). The largest absolute Gasteiger partial charge is 0.476 e. The molecule has 0 radical (unpaired) electrons. The second-order valence-corrected chi connectivity index (χ2v) is 4.07. The third-order valence-corrected chi connectivity index (χ3v) is 2.62. The second kappa shape index (κ2) is 5.48. The summed E-state index contributed by atoms with van der Waals surface area (Å²) in [6.45, 7) is -0.957. The van der Waals surface area contributed by atoms with Crippen molar-refractivity contribution in [3.63, 3.8) is 0 Å². The number of aromatic carboxylic acids is 1. The number of carboxylic acids is 1. The number of aliphatic hydroxyl groups excluding tert-OH is 1. The van der Waals surface area contributed by atoms with Crippen molar-refractivity contribution in [3.05, 3.63) is 30.2 Å². The molecule has 2 N–H and O–H groups in total. The van der Waals surface area contributed by atoms with Crippen LogP contribution in [0.1, 0.15) is 10.5 Å². The molecule has 0 aliphatic carbocycles. The van der Waals surface area contributed by atoms with Gasteiger partial charge in [-0.3, -0.25) is 4.98 Å². The van der Waals surface area contributed by atoms with Gasteiger partial charge in [-0.05, 0) is 12.1 Å². The van der Waals surface area contributed by atoms with Gasteiger partial charge in [0.2, 0.25) is 0 Å². The number of alkyl halides is 3. The van der Waals surface area contributed by atoms with Crippen LogP contribution in [0.25, 0.3) is 11.3 Å². The highest BCUT2D eigenvalue weighted by molar-refractivity contribution is 5.92. The lowest BCUT2D eigenvalue weighted by molar-refractivity contribution is -0.207. The molecule has 0 aliphatic rings. The molecule has 10 heteroatoms. The molecular weight excluding hydrogens is 293 g/mol. The van der Waals surface area contributed by atoms with Crippen molar-refractivity contribution in [2.75, 3.05) is 0 Å². The van der Waals surface area contributed by atoms with Crippen LogP contribution in [0.2, 0.25) is 0 Å². The van der Waals surface area contributed by atoms with E-state index in [0.717, 1.165) is 0 Å². The third-order valence-electron chi connectivity index (χ3n) is 2.62. The van der Waals surface area contributed by atoms with E-state index in [0.29, 0.717) is 4.68 Å². The lowest BCUT2D eigenvalue weighted by Crippen LogP contribution is -2.33. The fourth-order valence-corrected chi connectivity index (χ4v) is 1.65.